The number of benzene rings is 1. The van der Waals surface area contributed by atoms with Gasteiger partial charge in [-0.1, -0.05) is 40.7 Å². The molecule has 0 radical (unpaired) electrons. The highest BCUT2D eigenvalue weighted by molar-refractivity contribution is 5.79. The molecule has 0 bridgehead atoms. The van der Waals surface area contributed by atoms with Crippen LogP contribution >= 0.6 is 0 Å². The molecule has 10 heteroatoms. The Bertz CT molecular complexity index is 901. The second-order valence-corrected chi connectivity index (χ2v) is 8.90. The molecule has 202 valence electrons. The van der Waals surface area contributed by atoms with Gasteiger partial charge in [-0.3, -0.25) is 14.4 Å². The van der Waals surface area contributed by atoms with Crippen LogP contribution < -0.4 is 15.2 Å². The molecule has 0 spiro atoms. The molecule has 0 heterocycles. The van der Waals surface area contributed by atoms with E-state index < -0.39 is 48.0 Å². The Morgan fingerprint density at radius 2 is 1.47 bits per heavy atom. The zero-order valence-electron chi connectivity index (χ0n) is 21.9. The highest BCUT2D eigenvalue weighted by Crippen LogP contribution is 2.35. The van der Waals surface area contributed by atoms with Crippen molar-refractivity contribution in [1.29, 1.82) is 0 Å². The predicted octanol–water partition coefficient (Wildman–Crippen LogP) is 4.43. The molecule has 0 fully saturated rings. The predicted molar refractivity (Wildman–Crippen MR) is 132 cm³/mol. The van der Waals surface area contributed by atoms with Crippen LogP contribution in [0.4, 0.5) is 4.79 Å². The average Bonchev–Trinajstić information content (AvgIpc) is 2.85. The monoisotopic (exact) mass is 509 g/mol. The van der Waals surface area contributed by atoms with Gasteiger partial charge in [-0.2, -0.15) is 0 Å². The molecule has 1 aromatic rings. The second-order valence-electron chi connectivity index (χ2n) is 8.90. The van der Waals surface area contributed by atoms with Gasteiger partial charge in [-0.15, -0.1) is 0 Å². The van der Waals surface area contributed by atoms with Crippen LogP contribution in [0, 0.1) is 11.8 Å². The van der Waals surface area contributed by atoms with Crippen LogP contribution in [0.5, 0.6) is 11.5 Å². The van der Waals surface area contributed by atoms with Crippen LogP contribution in [-0.4, -0.2) is 47.9 Å². The molecule has 5 atom stereocenters. The quantitative estimate of drug-likeness (QED) is 0.272. The minimum Gasteiger partial charge on any atom is -0.480 e. The molecule has 36 heavy (non-hydrogen) atoms. The zero-order chi connectivity index (χ0) is 27.4. The third kappa shape index (κ3) is 9.49. The lowest BCUT2D eigenvalue weighted by molar-refractivity contribution is -0.141. The molecule has 0 aliphatic carbocycles. The lowest BCUT2D eigenvalue weighted by Crippen LogP contribution is -2.38. The molecule has 1 aromatic carbocycles. The van der Waals surface area contributed by atoms with Crippen molar-refractivity contribution < 1.29 is 43.2 Å². The van der Waals surface area contributed by atoms with Crippen molar-refractivity contribution in [2.24, 2.45) is 17.6 Å². The summed E-state index contributed by atoms with van der Waals surface area (Å²) >= 11 is 0. The van der Waals surface area contributed by atoms with E-state index in [-0.39, 0.29) is 30.4 Å². The van der Waals surface area contributed by atoms with Crippen molar-refractivity contribution in [2.45, 2.75) is 85.3 Å². The minimum absolute atomic E-state index is 0.0204. The summed E-state index contributed by atoms with van der Waals surface area (Å²) in [5.41, 5.74) is 6.40. The Labute approximate surface area is 212 Å². The molecule has 3 N–H and O–H groups in total. The molecule has 0 aromatic heterocycles. The number of carboxylic acid groups (broad SMARTS) is 1. The first kappa shape index (κ1) is 30.9. The summed E-state index contributed by atoms with van der Waals surface area (Å²) in [5, 5.41) is 9.59. The molecule has 0 amide bonds. The maximum absolute atomic E-state index is 12.5. The van der Waals surface area contributed by atoms with Gasteiger partial charge >= 0.3 is 24.1 Å². The maximum Gasteiger partial charge on any atom is 0.508 e. The molecule has 10 nitrogen and oxygen atoms in total. The van der Waals surface area contributed by atoms with E-state index >= 15 is 0 Å². The third-order valence-electron chi connectivity index (χ3n) is 5.87. The van der Waals surface area contributed by atoms with Crippen molar-refractivity contribution in [3.8, 4) is 11.5 Å². The Hall–Kier alpha value is -3.14. The smallest absolute Gasteiger partial charge is 0.480 e. The van der Waals surface area contributed by atoms with Crippen molar-refractivity contribution in [3.63, 3.8) is 0 Å². The largest absolute Gasteiger partial charge is 0.508 e. The van der Waals surface area contributed by atoms with E-state index in [1.807, 2.05) is 20.8 Å². The summed E-state index contributed by atoms with van der Waals surface area (Å²) in [6.07, 6.45) is 0.200. The van der Waals surface area contributed by atoms with Crippen LogP contribution in [0.25, 0.3) is 0 Å². The number of hydrogen-bond acceptors (Lipinski definition) is 9. The van der Waals surface area contributed by atoms with Gasteiger partial charge in [-0.05, 0) is 50.3 Å². The summed E-state index contributed by atoms with van der Waals surface area (Å²) in [5.74, 6) is -3.86. The molecule has 0 saturated heterocycles. The fourth-order valence-electron chi connectivity index (χ4n) is 3.12. The summed E-state index contributed by atoms with van der Waals surface area (Å²) in [6, 6.07) is 3.08. The molecule has 0 saturated carbocycles. The van der Waals surface area contributed by atoms with Gasteiger partial charge in [0.25, 0.3) is 0 Å². The molecule has 1 rings (SSSR count). The number of hydrogen-bond donors (Lipinski definition) is 2. The number of rotatable bonds is 14. The fourth-order valence-corrected chi connectivity index (χ4v) is 3.12. The standard InChI is InChI=1S/C26H39NO9/c1-7-12-33-26(32)34-17(6)13-19(22(27)23(28)29)18-10-11-20(35-24(30)15(4)8-2)21(14-18)36-25(31)16(5)9-3/h10-11,14-17,19,22H,7-9,12-13,27H2,1-6H3,(H,28,29)/t15?,16?,17?,19?,22-/m0/s1. The van der Waals surface area contributed by atoms with Gasteiger partial charge < -0.3 is 29.8 Å². The van der Waals surface area contributed by atoms with E-state index in [0.717, 1.165) is 0 Å². The molecule has 4 unspecified atom stereocenters. The van der Waals surface area contributed by atoms with E-state index in [1.165, 1.54) is 12.1 Å². The number of aliphatic carboxylic acids is 1. The Balaban J connectivity index is 3.35. The van der Waals surface area contributed by atoms with Gasteiger partial charge in [0.05, 0.1) is 18.4 Å². The van der Waals surface area contributed by atoms with Gasteiger partial charge in [0, 0.05) is 5.92 Å². The SMILES string of the molecule is CCCOC(=O)OC(C)CC(c1ccc(OC(=O)C(C)CC)c(OC(=O)C(C)CC)c1)[C@H](N)C(=O)O. The average molecular weight is 510 g/mol. The Kier molecular flexibility index (Phi) is 12.9. The first-order valence-corrected chi connectivity index (χ1v) is 12.3. The van der Waals surface area contributed by atoms with Crippen molar-refractivity contribution in [2.75, 3.05) is 6.61 Å². The summed E-state index contributed by atoms with van der Waals surface area (Å²) in [4.78, 5) is 48.5. The van der Waals surface area contributed by atoms with Crippen LogP contribution in [0.15, 0.2) is 18.2 Å². The Morgan fingerprint density at radius 3 is 1.97 bits per heavy atom. The van der Waals surface area contributed by atoms with Crippen LogP contribution in [0.1, 0.15) is 78.7 Å². The lowest BCUT2D eigenvalue weighted by atomic mass is 9.87. The summed E-state index contributed by atoms with van der Waals surface area (Å²) < 4.78 is 21.2. The van der Waals surface area contributed by atoms with Crippen molar-refractivity contribution in [3.05, 3.63) is 23.8 Å². The van der Waals surface area contributed by atoms with Crippen molar-refractivity contribution >= 4 is 24.1 Å². The highest BCUT2D eigenvalue weighted by atomic mass is 16.7. The van der Waals surface area contributed by atoms with Gasteiger partial charge in [0.1, 0.15) is 12.1 Å². The maximum atomic E-state index is 12.5. The number of carbonyl (C=O) groups is 4. The molecule has 0 aliphatic rings. The molecular weight excluding hydrogens is 470 g/mol. The molecule has 0 aliphatic heterocycles. The van der Waals surface area contributed by atoms with Crippen LogP contribution in [0.2, 0.25) is 0 Å². The first-order chi connectivity index (χ1) is 16.9. The van der Waals surface area contributed by atoms with E-state index in [1.54, 1.807) is 26.8 Å². The summed E-state index contributed by atoms with van der Waals surface area (Å²) in [6.45, 7) is 10.7. The van der Waals surface area contributed by atoms with E-state index in [0.29, 0.717) is 24.8 Å². The number of ether oxygens (including phenoxy) is 4. The number of carboxylic acids is 1. The van der Waals surface area contributed by atoms with Gasteiger partial charge in [-0.25, -0.2) is 4.79 Å². The normalized spacial score (nSPS) is 15.1. The lowest BCUT2D eigenvalue weighted by Gasteiger charge is -2.25. The third-order valence-corrected chi connectivity index (χ3v) is 5.87. The Morgan fingerprint density at radius 1 is 0.917 bits per heavy atom. The van der Waals surface area contributed by atoms with E-state index in [9.17, 15) is 24.3 Å². The fraction of sp³-hybridized carbons (Fsp3) is 0.615. The van der Waals surface area contributed by atoms with E-state index in [4.69, 9.17) is 24.7 Å². The topological polar surface area (TPSA) is 151 Å². The number of carbonyl (C=O) groups excluding carboxylic acids is 3. The highest BCUT2D eigenvalue weighted by Gasteiger charge is 2.30. The first-order valence-electron chi connectivity index (χ1n) is 12.3. The van der Waals surface area contributed by atoms with Crippen molar-refractivity contribution in [1.82, 2.24) is 0 Å². The number of nitrogens with two attached hydrogens (primary N) is 1. The van der Waals surface area contributed by atoms with Crippen LogP contribution in [-0.2, 0) is 23.9 Å². The second kappa shape index (κ2) is 15.1. The van der Waals surface area contributed by atoms with Crippen LogP contribution in [0.3, 0.4) is 0 Å². The van der Waals surface area contributed by atoms with E-state index in [2.05, 4.69) is 0 Å². The summed E-state index contributed by atoms with van der Waals surface area (Å²) in [7, 11) is 0. The van der Waals surface area contributed by atoms with Gasteiger partial charge in [0.2, 0.25) is 0 Å². The zero-order valence-corrected chi connectivity index (χ0v) is 21.9. The minimum atomic E-state index is -1.35. The number of esters is 2. The van der Waals surface area contributed by atoms with Gasteiger partial charge in [0.15, 0.2) is 11.5 Å². The molecular formula is C26H39NO9.